The standard InChI is InChI=1S/C13H20N4/c1-16(2)8-5-9-17(3)12-7-4-6-11(10-14)13(12)15/h4,6-7H,5,8-9,15H2,1-3H3. The van der Waals surface area contributed by atoms with Crippen LogP contribution in [0.25, 0.3) is 0 Å². The summed E-state index contributed by atoms with van der Waals surface area (Å²) in [5.41, 5.74) is 8.00. The number of para-hydroxylation sites is 1. The summed E-state index contributed by atoms with van der Waals surface area (Å²) in [4.78, 5) is 4.25. The van der Waals surface area contributed by atoms with Gasteiger partial charge in [-0.2, -0.15) is 5.26 Å². The fourth-order valence-corrected chi connectivity index (χ4v) is 1.73. The predicted octanol–water partition coefficient (Wildman–Crippen LogP) is 1.53. The van der Waals surface area contributed by atoms with Gasteiger partial charge in [0.1, 0.15) is 6.07 Å². The van der Waals surface area contributed by atoms with E-state index < -0.39 is 0 Å². The second-order valence-electron chi connectivity index (χ2n) is 4.43. The average Bonchev–Trinajstić information content (AvgIpc) is 2.28. The van der Waals surface area contributed by atoms with Crippen molar-refractivity contribution in [1.82, 2.24) is 4.90 Å². The van der Waals surface area contributed by atoms with Gasteiger partial charge in [0, 0.05) is 13.6 Å². The van der Waals surface area contributed by atoms with E-state index in [1.807, 2.05) is 19.2 Å². The number of anilines is 2. The van der Waals surface area contributed by atoms with Gasteiger partial charge >= 0.3 is 0 Å². The Labute approximate surface area is 103 Å². The van der Waals surface area contributed by atoms with E-state index in [0.717, 1.165) is 25.2 Å². The minimum Gasteiger partial charge on any atom is -0.396 e. The molecular formula is C13H20N4. The van der Waals surface area contributed by atoms with Gasteiger partial charge < -0.3 is 15.5 Å². The lowest BCUT2D eigenvalue weighted by atomic mass is 10.1. The summed E-state index contributed by atoms with van der Waals surface area (Å²) in [7, 11) is 6.12. The molecule has 4 heteroatoms. The van der Waals surface area contributed by atoms with Crippen molar-refractivity contribution in [2.75, 3.05) is 44.9 Å². The molecule has 0 aliphatic rings. The Morgan fingerprint density at radius 3 is 2.53 bits per heavy atom. The molecule has 0 unspecified atom stereocenters. The fourth-order valence-electron chi connectivity index (χ4n) is 1.73. The maximum Gasteiger partial charge on any atom is 0.101 e. The van der Waals surface area contributed by atoms with Gasteiger partial charge in [-0.3, -0.25) is 0 Å². The van der Waals surface area contributed by atoms with E-state index in [1.54, 1.807) is 6.07 Å². The van der Waals surface area contributed by atoms with Gasteiger partial charge in [0.2, 0.25) is 0 Å². The van der Waals surface area contributed by atoms with Crippen molar-refractivity contribution in [3.05, 3.63) is 23.8 Å². The molecule has 0 bridgehead atoms. The highest BCUT2D eigenvalue weighted by Crippen LogP contribution is 2.25. The summed E-state index contributed by atoms with van der Waals surface area (Å²) in [5.74, 6) is 0. The third-order valence-electron chi connectivity index (χ3n) is 2.71. The highest BCUT2D eigenvalue weighted by Gasteiger charge is 2.08. The van der Waals surface area contributed by atoms with Crippen LogP contribution in [0.2, 0.25) is 0 Å². The Balaban J connectivity index is 2.69. The zero-order valence-electron chi connectivity index (χ0n) is 10.8. The lowest BCUT2D eigenvalue weighted by molar-refractivity contribution is 0.402. The molecule has 17 heavy (non-hydrogen) atoms. The predicted molar refractivity (Wildman–Crippen MR) is 72.0 cm³/mol. The summed E-state index contributed by atoms with van der Waals surface area (Å²) < 4.78 is 0. The van der Waals surface area contributed by atoms with E-state index in [9.17, 15) is 0 Å². The second-order valence-corrected chi connectivity index (χ2v) is 4.43. The van der Waals surface area contributed by atoms with Crippen LogP contribution >= 0.6 is 0 Å². The first-order valence-corrected chi connectivity index (χ1v) is 5.70. The van der Waals surface area contributed by atoms with Gasteiger partial charge in [0.25, 0.3) is 0 Å². The first kappa shape index (κ1) is 13.3. The number of nitrogens with zero attached hydrogens (tertiary/aromatic N) is 3. The molecule has 92 valence electrons. The molecule has 0 heterocycles. The molecule has 2 N–H and O–H groups in total. The molecule has 0 spiro atoms. The molecule has 0 fully saturated rings. The molecule has 1 aromatic rings. The smallest absolute Gasteiger partial charge is 0.101 e. The highest BCUT2D eigenvalue weighted by atomic mass is 15.1. The van der Waals surface area contributed by atoms with Crippen LogP contribution in [0.1, 0.15) is 12.0 Å². The van der Waals surface area contributed by atoms with Crippen molar-refractivity contribution in [3.8, 4) is 6.07 Å². The van der Waals surface area contributed by atoms with Crippen LogP contribution in [0, 0.1) is 11.3 Å². The van der Waals surface area contributed by atoms with Crippen molar-refractivity contribution in [2.45, 2.75) is 6.42 Å². The van der Waals surface area contributed by atoms with E-state index in [2.05, 4.69) is 30.0 Å². The van der Waals surface area contributed by atoms with Gasteiger partial charge in [-0.25, -0.2) is 0 Å². The van der Waals surface area contributed by atoms with Crippen molar-refractivity contribution in [2.24, 2.45) is 0 Å². The molecule has 4 nitrogen and oxygen atoms in total. The Hall–Kier alpha value is -1.73. The molecule has 0 amide bonds. The lowest BCUT2D eigenvalue weighted by Gasteiger charge is -2.22. The molecule has 0 aliphatic carbocycles. The maximum absolute atomic E-state index is 8.92. The number of hydrogen-bond donors (Lipinski definition) is 1. The van der Waals surface area contributed by atoms with E-state index in [-0.39, 0.29) is 0 Å². The van der Waals surface area contributed by atoms with Crippen LogP contribution < -0.4 is 10.6 Å². The lowest BCUT2D eigenvalue weighted by Crippen LogP contribution is -2.24. The second kappa shape index (κ2) is 6.12. The summed E-state index contributed by atoms with van der Waals surface area (Å²) >= 11 is 0. The summed E-state index contributed by atoms with van der Waals surface area (Å²) in [5, 5.41) is 8.92. The number of nitrogens with two attached hydrogens (primary N) is 1. The Morgan fingerprint density at radius 1 is 1.24 bits per heavy atom. The SMILES string of the molecule is CN(C)CCCN(C)c1cccc(C#N)c1N. The number of rotatable bonds is 5. The van der Waals surface area contributed by atoms with Crippen LogP contribution in [0.5, 0.6) is 0 Å². The normalized spacial score (nSPS) is 10.3. The van der Waals surface area contributed by atoms with Crippen molar-refractivity contribution >= 4 is 11.4 Å². The number of benzene rings is 1. The largest absolute Gasteiger partial charge is 0.396 e. The number of hydrogen-bond acceptors (Lipinski definition) is 4. The quantitative estimate of drug-likeness (QED) is 0.782. The summed E-state index contributed by atoms with van der Waals surface area (Å²) in [6, 6.07) is 7.67. The molecular weight excluding hydrogens is 212 g/mol. The summed E-state index contributed by atoms with van der Waals surface area (Å²) in [6.07, 6.45) is 1.07. The van der Waals surface area contributed by atoms with Crippen LogP contribution in [-0.2, 0) is 0 Å². The Morgan fingerprint density at radius 2 is 1.94 bits per heavy atom. The number of nitrogen functional groups attached to an aromatic ring is 1. The van der Waals surface area contributed by atoms with Crippen molar-refractivity contribution in [3.63, 3.8) is 0 Å². The third-order valence-corrected chi connectivity index (χ3v) is 2.71. The summed E-state index contributed by atoms with van der Waals surface area (Å²) in [6.45, 7) is 1.97. The highest BCUT2D eigenvalue weighted by molar-refractivity contribution is 5.73. The van der Waals surface area contributed by atoms with Gasteiger partial charge in [0.15, 0.2) is 0 Å². The van der Waals surface area contributed by atoms with Crippen molar-refractivity contribution < 1.29 is 0 Å². The van der Waals surface area contributed by atoms with Crippen LogP contribution in [0.15, 0.2) is 18.2 Å². The van der Waals surface area contributed by atoms with E-state index in [4.69, 9.17) is 11.0 Å². The molecule has 0 saturated heterocycles. The molecule has 0 atom stereocenters. The maximum atomic E-state index is 8.92. The molecule has 0 saturated carbocycles. The zero-order chi connectivity index (χ0) is 12.8. The molecule has 0 aliphatic heterocycles. The van der Waals surface area contributed by atoms with E-state index >= 15 is 0 Å². The Bertz CT molecular complexity index is 406. The molecule has 0 aromatic heterocycles. The van der Waals surface area contributed by atoms with Gasteiger partial charge in [0.05, 0.1) is 16.9 Å². The van der Waals surface area contributed by atoms with Crippen LogP contribution in [-0.4, -0.2) is 39.1 Å². The van der Waals surface area contributed by atoms with Crippen LogP contribution in [0.3, 0.4) is 0 Å². The van der Waals surface area contributed by atoms with E-state index in [0.29, 0.717) is 11.3 Å². The third kappa shape index (κ3) is 3.65. The topological polar surface area (TPSA) is 56.3 Å². The Kier molecular flexibility index (Phi) is 4.80. The molecule has 1 aromatic carbocycles. The van der Waals surface area contributed by atoms with Gasteiger partial charge in [-0.15, -0.1) is 0 Å². The van der Waals surface area contributed by atoms with Crippen molar-refractivity contribution in [1.29, 1.82) is 5.26 Å². The van der Waals surface area contributed by atoms with E-state index in [1.165, 1.54) is 0 Å². The number of nitriles is 1. The zero-order valence-corrected chi connectivity index (χ0v) is 10.8. The molecule has 0 radical (unpaired) electrons. The minimum absolute atomic E-state index is 0.543. The minimum atomic E-state index is 0.543. The van der Waals surface area contributed by atoms with Gasteiger partial charge in [-0.05, 0) is 39.2 Å². The fraction of sp³-hybridized carbons (Fsp3) is 0.462. The van der Waals surface area contributed by atoms with Gasteiger partial charge in [-0.1, -0.05) is 6.07 Å². The van der Waals surface area contributed by atoms with Crippen LogP contribution in [0.4, 0.5) is 11.4 Å². The average molecular weight is 232 g/mol. The first-order valence-electron chi connectivity index (χ1n) is 5.70. The first-order chi connectivity index (χ1) is 8.06. The monoisotopic (exact) mass is 232 g/mol. The molecule has 1 rings (SSSR count).